The molecule has 0 radical (unpaired) electrons. The predicted octanol–water partition coefficient (Wildman–Crippen LogP) is 3.11. The van der Waals surface area contributed by atoms with Gasteiger partial charge in [-0.15, -0.1) is 0 Å². The summed E-state index contributed by atoms with van der Waals surface area (Å²) in [5, 5.41) is 13.4. The van der Waals surface area contributed by atoms with Crippen LogP contribution in [0.25, 0.3) is 0 Å². The van der Waals surface area contributed by atoms with Gasteiger partial charge in [0.15, 0.2) is 12.7 Å². The third kappa shape index (κ3) is 5.53. The van der Waals surface area contributed by atoms with Gasteiger partial charge in [-0.25, -0.2) is 4.79 Å². The van der Waals surface area contributed by atoms with Crippen molar-refractivity contribution in [2.75, 3.05) is 11.9 Å². The van der Waals surface area contributed by atoms with Crippen LogP contribution in [0.4, 0.5) is 11.4 Å². The highest BCUT2D eigenvalue weighted by molar-refractivity contribution is 5.96. The Balaban J connectivity index is 1.90. The van der Waals surface area contributed by atoms with Crippen molar-refractivity contribution in [3.8, 4) is 5.75 Å². The van der Waals surface area contributed by atoms with E-state index in [0.717, 1.165) is 12.0 Å². The molecule has 1 atom stereocenters. The third-order valence-electron chi connectivity index (χ3n) is 3.74. The first-order chi connectivity index (χ1) is 12.9. The number of ether oxygens (including phenoxy) is 2. The highest BCUT2D eigenvalue weighted by atomic mass is 16.6. The molecule has 0 aliphatic carbocycles. The number of aryl methyl sites for hydroxylation is 1. The van der Waals surface area contributed by atoms with Gasteiger partial charge in [0.2, 0.25) is 0 Å². The predicted molar refractivity (Wildman–Crippen MR) is 98.6 cm³/mol. The average Bonchev–Trinajstić information content (AvgIpc) is 2.66. The Bertz CT molecular complexity index is 836. The first-order valence-electron chi connectivity index (χ1n) is 8.36. The molecular formula is C19H20N2O6. The molecule has 1 N–H and O–H groups in total. The van der Waals surface area contributed by atoms with E-state index in [9.17, 15) is 19.7 Å². The molecule has 0 heterocycles. The summed E-state index contributed by atoms with van der Waals surface area (Å²) < 4.78 is 10.5. The van der Waals surface area contributed by atoms with E-state index in [-0.39, 0.29) is 18.0 Å². The number of anilines is 1. The lowest BCUT2D eigenvalue weighted by atomic mass is 10.1. The minimum atomic E-state index is -1.14. The number of nitrogens with one attached hydrogen (secondary N) is 1. The number of rotatable bonds is 8. The molecule has 2 aromatic rings. The van der Waals surface area contributed by atoms with E-state index in [1.54, 1.807) is 18.2 Å². The number of benzene rings is 2. The molecule has 0 saturated carbocycles. The Morgan fingerprint density at radius 3 is 2.52 bits per heavy atom. The van der Waals surface area contributed by atoms with Crippen LogP contribution in [0, 0.1) is 10.1 Å². The minimum absolute atomic E-state index is 0.0310. The third-order valence-corrected chi connectivity index (χ3v) is 3.74. The topological polar surface area (TPSA) is 108 Å². The highest BCUT2D eigenvalue weighted by Gasteiger charge is 2.21. The van der Waals surface area contributed by atoms with Crippen molar-refractivity contribution in [1.82, 2.24) is 0 Å². The van der Waals surface area contributed by atoms with Crippen LogP contribution in [-0.4, -0.2) is 29.5 Å². The normalized spacial score (nSPS) is 11.3. The number of hydrogen-bond donors (Lipinski definition) is 1. The van der Waals surface area contributed by atoms with E-state index in [1.807, 2.05) is 19.1 Å². The van der Waals surface area contributed by atoms with Crippen LogP contribution in [0.5, 0.6) is 5.75 Å². The molecule has 0 bridgehead atoms. The fraction of sp³-hybridized carbons (Fsp3) is 0.263. The fourth-order valence-electron chi connectivity index (χ4n) is 2.33. The summed E-state index contributed by atoms with van der Waals surface area (Å²) >= 11 is 0. The Morgan fingerprint density at radius 1 is 1.15 bits per heavy atom. The molecule has 2 rings (SSSR count). The summed E-state index contributed by atoms with van der Waals surface area (Å²) in [5.74, 6) is -0.813. The number of amides is 1. The number of nitrogens with zero attached hydrogens (tertiary/aromatic N) is 1. The zero-order valence-corrected chi connectivity index (χ0v) is 15.0. The van der Waals surface area contributed by atoms with Gasteiger partial charge in [0.25, 0.3) is 11.6 Å². The van der Waals surface area contributed by atoms with E-state index in [1.165, 1.54) is 25.1 Å². The molecular weight excluding hydrogens is 352 g/mol. The van der Waals surface area contributed by atoms with Gasteiger partial charge in [0.05, 0.1) is 4.92 Å². The fourth-order valence-corrected chi connectivity index (χ4v) is 2.33. The average molecular weight is 372 g/mol. The molecule has 27 heavy (non-hydrogen) atoms. The quantitative estimate of drug-likeness (QED) is 0.433. The molecule has 1 unspecified atom stereocenters. The summed E-state index contributed by atoms with van der Waals surface area (Å²) in [6, 6.07) is 13.0. The van der Waals surface area contributed by atoms with E-state index in [2.05, 4.69) is 5.32 Å². The summed E-state index contributed by atoms with van der Waals surface area (Å²) in [6.07, 6.45) is -0.387. The summed E-state index contributed by atoms with van der Waals surface area (Å²) in [7, 11) is 0. The summed E-state index contributed by atoms with van der Waals surface area (Å²) in [6.45, 7) is 3.00. The smallest absolute Gasteiger partial charge is 0.344 e. The Hall–Kier alpha value is -3.42. The van der Waals surface area contributed by atoms with Gasteiger partial charge < -0.3 is 14.8 Å². The number of nitro benzene ring substituents is 1. The molecule has 0 aliphatic heterocycles. The van der Waals surface area contributed by atoms with Crippen molar-refractivity contribution in [3.05, 3.63) is 64.2 Å². The number of hydrogen-bond acceptors (Lipinski definition) is 6. The molecule has 0 aliphatic rings. The molecule has 142 valence electrons. The van der Waals surface area contributed by atoms with Gasteiger partial charge in [-0.3, -0.25) is 14.9 Å². The molecule has 0 saturated heterocycles. The van der Waals surface area contributed by atoms with Crippen molar-refractivity contribution < 1.29 is 24.0 Å². The Morgan fingerprint density at radius 2 is 1.81 bits per heavy atom. The van der Waals surface area contributed by atoms with Crippen molar-refractivity contribution >= 4 is 23.3 Å². The van der Waals surface area contributed by atoms with Crippen molar-refractivity contribution in [2.45, 2.75) is 26.4 Å². The molecule has 0 fully saturated rings. The van der Waals surface area contributed by atoms with Crippen LogP contribution in [0.3, 0.4) is 0 Å². The molecule has 8 nitrogen and oxygen atoms in total. The molecule has 1 amide bonds. The zero-order chi connectivity index (χ0) is 19.8. The minimum Gasteiger partial charge on any atom is -0.482 e. The van der Waals surface area contributed by atoms with Crippen LogP contribution in [0.1, 0.15) is 19.4 Å². The second-order valence-electron chi connectivity index (χ2n) is 5.65. The van der Waals surface area contributed by atoms with Crippen LogP contribution < -0.4 is 10.1 Å². The van der Waals surface area contributed by atoms with E-state index < -0.39 is 22.9 Å². The number of nitro groups is 1. The van der Waals surface area contributed by atoms with Crippen LogP contribution >= 0.6 is 0 Å². The van der Waals surface area contributed by atoms with E-state index in [0.29, 0.717) is 5.75 Å². The van der Waals surface area contributed by atoms with Gasteiger partial charge in [0.1, 0.15) is 11.4 Å². The maximum Gasteiger partial charge on any atom is 0.344 e. The van der Waals surface area contributed by atoms with Gasteiger partial charge in [0, 0.05) is 6.07 Å². The second-order valence-corrected chi connectivity index (χ2v) is 5.65. The number of para-hydroxylation sites is 3. The maximum atomic E-state index is 12.1. The summed E-state index contributed by atoms with van der Waals surface area (Å²) in [5.41, 5.74) is 0.736. The molecule has 0 spiro atoms. The van der Waals surface area contributed by atoms with Crippen molar-refractivity contribution in [1.29, 1.82) is 0 Å². The Labute approximate surface area is 156 Å². The summed E-state index contributed by atoms with van der Waals surface area (Å²) in [4.78, 5) is 34.4. The van der Waals surface area contributed by atoms with Gasteiger partial charge >= 0.3 is 5.97 Å². The number of carbonyl (C=O) groups excluding carboxylic acids is 2. The molecule has 0 aromatic heterocycles. The van der Waals surface area contributed by atoms with Crippen LogP contribution in [-0.2, 0) is 20.7 Å². The van der Waals surface area contributed by atoms with Gasteiger partial charge in [-0.05, 0) is 31.0 Å². The van der Waals surface area contributed by atoms with Crippen molar-refractivity contribution in [3.63, 3.8) is 0 Å². The number of esters is 1. The maximum absolute atomic E-state index is 12.1. The second kappa shape index (κ2) is 9.33. The zero-order valence-electron chi connectivity index (χ0n) is 15.0. The lowest BCUT2D eigenvalue weighted by Crippen LogP contribution is -2.31. The highest BCUT2D eigenvalue weighted by Crippen LogP contribution is 2.23. The van der Waals surface area contributed by atoms with Gasteiger partial charge in [-0.2, -0.15) is 0 Å². The standard InChI is InChI=1S/C19H20N2O6/c1-3-14-8-4-7-11-17(14)26-12-18(22)27-13(2)19(23)20-15-9-5-6-10-16(15)21(24)25/h4-11,13H,3,12H2,1-2H3,(H,20,23). The van der Waals surface area contributed by atoms with Crippen LogP contribution in [0.15, 0.2) is 48.5 Å². The van der Waals surface area contributed by atoms with E-state index >= 15 is 0 Å². The van der Waals surface area contributed by atoms with Crippen molar-refractivity contribution in [2.24, 2.45) is 0 Å². The first-order valence-corrected chi connectivity index (χ1v) is 8.36. The number of carbonyl (C=O) groups is 2. The first kappa shape index (κ1) is 19.9. The van der Waals surface area contributed by atoms with Crippen LogP contribution in [0.2, 0.25) is 0 Å². The molecule has 2 aromatic carbocycles. The SMILES string of the molecule is CCc1ccccc1OCC(=O)OC(C)C(=O)Nc1ccccc1[N+](=O)[O-]. The Kier molecular flexibility index (Phi) is 6.87. The lowest BCUT2D eigenvalue weighted by molar-refractivity contribution is -0.383. The lowest BCUT2D eigenvalue weighted by Gasteiger charge is -2.14. The van der Waals surface area contributed by atoms with E-state index in [4.69, 9.17) is 9.47 Å². The molecule has 8 heteroatoms. The van der Waals surface area contributed by atoms with Gasteiger partial charge in [-0.1, -0.05) is 37.3 Å². The monoisotopic (exact) mass is 372 g/mol. The largest absolute Gasteiger partial charge is 0.482 e.